The maximum Gasteiger partial charge on any atom is 0.264 e. The van der Waals surface area contributed by atoms with E-state index in [0.717, 1.165) is 26.1 Å². The second-order valence-electron chi connectivity index (χ2n) is 5.17. The zero-order chi connectivity index (χ0) is 13.8. The number of hydrogen-bond donors (Lipinski definition) is 1. The van der Waals surface area contributed by atoms with Crippen molar-refractivity contribution in [3.63, 3.8) is 0 Å². The predicted molar refractivity (Wildman–Crippen MR) is 72.9 cm³/mol. The van der Waals surface area contributed by atoms with Gasteiger partial charge in [0.15, 0.2) is 11.5 Å². The van der Waals surface area contributed by atoms with Gasteiger partial charge < -0.3 is 19.5 Å². The van der Waals surface area contributed by atoms with Gasteiger partial charge in [-0.3, -0.25) is 4.79 Å². The summed E-state index contributed by atoms with van der Waals surface area (Å²) in [7, 11) is 0. The van der Waals surface area contributed by atoms with Crippen molar-refractivity contribution in [2.24, 2.45) is 5.92 Å². The molecule has 1 atom stereocenters. The van der Waals surface area contributed by atoms with Gasteiger partial charge in [-0.25, -0.2) is 0 Å². The number of benzene rings is 1. The van der Waals surface area contributed by atoms with Crippen LogP contribution in [0.5, 0.6) is 11.5 Å². The Labute approximate surface area is 118 Å². The Kier molecular flexibility index (Phi) is 4.06. The van der Waals surface area contributed by atoms with E-state index in [1.807, 2.05) is 24.3 Å². The highest BCUT2D eigenvalue weighted by atomic mass is 16.6. The molecule has 5 heteroatoms. The molecule has 1 aromatic rings. The predicted octanol–water partition coefficient (Wildman–Crippen LogP) is 1.37. The van der Waals surface area contributed by atoms with Crippen LogP contribution in [0.3, 0.4) is 0 Å². The zero-order valence-electron chi connectivity index (χ0n) is 11.3. The Balaban J connectivity index is 1.51. The molecule has 0 bridgehead atoms. The van der Waals surface area contributed by atoms with Gasteiger partial charge in [-0.05, 0) is 30.9 Å². The topological polar surface area (TPSA) is 56.8 Å². The Hall–Kier alpha value is -1.75. The Morgan fingerprint density at radius 3 is 2.75 bits per heavy atom. The third kappa shape index (κ3) is 3.04. The fourth-order valence-electron chi connectivity index (χ4n) is 2.46. The summed E-state index contributed by atoms with van der Waals surface area (Å²) in [5, 5.41) is 2.95. The number of rotatable bonds is 3. The van der Waals surface area contributed by atoms with E-state index in [1.54, 1.807) is 0 Å². The summed E-state index contributed by atoms with van der Waals surface area (Å²) in [6.07, 6.45) is 1.45. The smallest absolute Gasteiger partial charge is 0.264 e. The molecule has 108 valence electrons. The molecule has 0 aromatic heterocycles. The van der Waals surface area contributed by atoms with Crippen molar-refractivity contribution in [2.45, 2.75) is 18.9 Å². The van der Waals surface area contributed by atoms with Crippen LogP contribution in [0.1, 0.15) is 12.8 Å². The Bertz CT molecular complexity index is 471. The first-order chi connectivity index (χ1) is 9.83. The summed E-state index contributed by atoms with van der Waals surface area (Å²) in [5.74, 6) is 1.72. The van der Waals surface area contributed by atoms with Gasteiger partial charge in [0.25, 0.3) is 5.91 Å². The summed E-state index contributed by atoms with van der Waals surface area (Å²) in [6.45, 7) is 2.52. The van der Waals surface area contributed by atoms with Crippen molar-refractivity contribution < 1.29 is 19.0 Å². The lowest BCUT2D eigenvalue weighted by Gasteiger charge is -2.27. The molecule has 0 radical (unpaired) electrons. The molecule has 1 aromatic carbocycles. The minimum Gasteiger partial charge on any atom is -0.485 e. The van der Waals surface area contributed by atoms with Crippen molar-refractivity contribution in [3.8, 4) is 11.5 Å². The monoisotopic (exact) mass is 277 g/mol. The number of carbonyl (C=O) groups is 1. The van der Waals surface area contributed by atoms with Gasteiger partial charge >= 0.3 is 0 Å². The number of para-hydroxylation sites is 2. The van der Waals surface area contributed by atoms with E-state index in [9.17, 15) is 4.79 Å². The third-order valence-electron chi connectivity index (χ3n) is 3.71. The molecule has 1 saturated heterocycles. The number of nitrogens with one attached hydrogen (secondary N) is 1. The van der Waals surface area contributed by atoms with E-state index in [4.69, 9.17) is 14.2 Å². The lowest BCUT2D eigenvalue weighted by Crippen LogP contribution is -2.45. The molecule has 20 heavy (non-hydrogen) atoms. The summed E-state index contributed by atoms with van der Waals surface area (Å²) < 4.78 is 16.5. The SMILES string of the molecule is O=C(NCC1CCOCC1)C1COc2ccccc2O1. The molecule has 1 N–H and O–H groups in total. The van der Waals surface area contributed by atoms with Crippen molar-refractivity contribution in [2.75, 3.05) is 26.4 Å². The zero-order valence-corrected chi connectivity index (χ0v) is 11.3. The van der Waals surface area contributed by atoms with E-state index in [1.165, 1.54) is 0 Å². The summed E-state index contributed by atoms with van der Waals surface area (Å²) >= 11 is 0. The standard InChI is InChI=1S/C15H19NO4/c17-15(16-9-11-5-7-18-8-6-11)14-10-19-12-3-1-2-4-13(12)20-14/h1-4,11,14H,5-10H2,(H,16,17). The highest BCUT2D eigenvalue weighted by molar-refractivity contribution is 5.81. The van der Waals surface area contributed by atoms with Crippen molar-refractivity contribution in [1.82, 2.24) is 5.32 Å². The highest BCUT2D eigenvalue weighted by Gasteiger charge is 2.27. The second-order valence-corrected chi connectivity index (χ2v) is 5.17. The minimum absolute atomic E-state index is 0.106. The minimum atomic E-state index is -0.565. The molecule has 1 unspecified atom stereocenters. The number of ether oxygens (including phenoxy) is 3. The molecule has 0 saturated carbocycles. The van der Waals surface area contributed by atoms with Gasteiger partial charge in [0.1, 0.15) is 6.61 Å². The lowest BCUT2D eigenvalue weighted by atomic mass is 10.0. The number of hydrogen-bond acceptors (Lipinski definition) is 4. The van der Waals surface area contributed by atoms with Gasteiger partial charge in [-0.1, -0.05) is 12.1 Å². The van der Waals surface area contributed by atoms with Crippen molar-refractivity contribution in [3.05, 3.63) is 24.3 Å². The highest BCUT2D eigenvalue weighted by Crippen LogP contribution is 2.30. The van der Waals surface area contributed by atoms with Crippen LogP contribution >= 0.6 is 0 Å². The molecule has 2 heterocycles. The molecule has 5 nitrogen and oxygen atoms in total. The fourth-order valence-corrected chi connectivity index (χ4v) is 2.46. The normalized spacial score (nSPS) is 22.3. The first-order valence-corrected chi connectivity index (χ1v) is 7.07. The van der Waals surface area contributed by atoms with E-state index in [-0.39, 0.29) is 12.5 Å². The fraction of sp³-hybridized carbons (Fsp3) is 0.533. The van der Waals surface area contributed by atoms with Crippen LogP contribution < -0.4 is 14.8 Å². The van der Waals surface area contributed by atoms with Crippen molar-refractivity contribution in [1.29, 1.82) is 0 Å². The number of amides is 1. The molecular formula is C15H19NO4. The van der Waals surface area contributed by atoms with Gasteiger partial charge in [0.2, 0.25) is 6.10 Å². The van der Waals surface area contributed by atoms with E-state index >= 15 is 0 Å². The molecule has 2 aliphatic rings. The van der Waals surface area contributed by atoms with Crippen LogP contribution in [0.15, 0.2) is 24.3 Å². The molecular weight excluding hydrogens is 258 g/mol. The average Bonchev–Trinajstić information content (AvgIpc) is 2.53. The van der Waals surface area contributed by atoms with Gasteiger partial charge in [0.05, 0.1) is 0 Å². The first kappa shape index (κ1) is 13.2. The molecule has 2 aliphatic heterocycles. The summed E-state index contributed by atoms with van der Waals surface area (Å²) in [6, 6.07) is 7.40. The second kappa shape index (κ2) is 6.13. The Morgan fingerprint density at radius 1 is 1.20 bits per heavy atom. The van der Waals surface area contributed by atoms with Crippen molar-refractivity contribution >= 4 is 5.91 Å². The van der Waals surface area contributed by atoms with Gasteiger partial charge in [-0.15, -0.1) is 0 Å². The summed E-state index contributed by atoms with van der Waals surface area (Å²) in [4.78, 5) is 12.1. The van der Waals surface area contributed by atoms with E-state index < -0.39 is 6.10 Å². The average molecular weight is 277 g/mol. The van der Waals surface area contributed by atoms with E-state index in [2.05, 4.69) is 5.32 Å². The van der Waals surface area contributed by atoms with E-state index in [0.29, 0.717) is 24.0 Å². The maximum atomic E-state index is 12.1. The maximum absolute atomic E-state index is 12.1. The van der Waals surface area contributed by atoms with Crippen LogP contribution in [-0.4, -0.2) is 38.4 Å². The molecule has 1 amide bonds. The van der Waals surface area contributed by atoms with Crippen LogP contribution in [-0.2, 0) is 9.53 Å². The quantitative estimate of drug-likeness (QED) is 0.906. The Morgan fingerprint density at radius 2 is 1.95 bits per heavy atom. The third-order valence-corrected chi connectivity index (χ3v) is 3.71. The lowest BCUT2D eigenvalue weighted by molar-refractivity contribution is -0.130. The largest absolute Gasteiger partial charge is 0.485 e. The number of fused-ring (bicyclic) bond motifs is 1. The molecule has 0 spiro atoms. The van der Waals surface area contributed by atoms with Crippen LogP contribution in [0.4, 0.5) is 0 Å². The van der Waals surface area contributed by atoms with Crippen LogP contribution in [0.2, 0.25) is 0 Å². The molecule has 3 rings (SSSR count). The first-order valence-electron chi connectivity index (χ1n) is 7.07. The van der Waals surface area contributed by atoms with Gasteiger partial charge in [0, 0.05) is 19.8 Å². The molecule has 1 fully saturated rings. The summed E-state index contributed by atoms with van der Waals surface area (Å²) in [5.41, 5.74) is 0. The van der Waals surface area contributed by atoms with Crippen LogP contribution in [0.25, 0.3) is 0 Å². The number of carbonyl (C=O) groups excluding carboxylic acids is 1. The van der Waals surface area contributed by atoms with Gasteiger partial charge in [-0.2, -0.15) is 0 Å². The van der Waals surface area contributed by atoms with Crippen LogP contribution in [0, 0.1) is 5.92 Å². The molecule has 0 aliphatic carbocycles.